The third-order valence-corrected chi connectivity index (χ3v) is 14.5. The lowest BCUT2D eigenvalue weighted by Gasteiger charge is -2.18. The van der Waals surface area contributed by atoms with Crippen molar-refractivity contribution in [2.24, 2.45) is 0 Å². The van der Waals surface area contributed by atoms with Crippen molar-refractivity contribution in [1.29, 1.82) is 0 Å². The predicted octanol–water partition coefficient (Wildman–Crippen LogP) is 21.9. The van der Waals surface area contributed by atoms with Crippen LogP contribution in [0.1, 0.15) is 355 Å². The molecule has 0 aliphatic carbocycles. The van der Waals surface area contributed by atoms with Crippen LogP contribution < -0.4 is 0 Å². The van der Waals surface area contributed by atoms with Crippen LogP contribution in [0.5, 0.6) is 0 Å². The Balaban J connectivity index is 4.19. The second-order valence-electron chi connectivity index (χ2n) is 21.7. The topological polar surface area (TPSA) is 61.8 Å². The van der Waals surface area contributed by atoms with Gasteiger partial charge in [0.15, 0.2) is 0 Å². The van der Waals surface area contributed by atoms with Gasteiger partial charge in [-0.05, 0) is 51.4 Å². The summed E-state index contributed by atoms with van der Waals surface area (Å²) in [6.45, 7) is 7.79. The fraction of sp³-hybridized carbons (Fsp3) is 0.908. The number of carbonyl (C=O) groups excluding carboxylic acids is 2. The van der Waals surface area contributed by atoms with E-state index in [9.17, 15) is 9.59 Å². The highest BCUT2D eigenvalue weighted by Gasteiger charge is 2.16. The molecular weight excluding hydrogens is 861 g/mol. The number of esters is 2. The van der Waals surface area contributed by atoms with E-state index in [-0.39, 0.29) is 25.2 Å². The van der Waals surface area contributed by atoms with Gasteiger partial charge in [-0.1, -0.05) is 315 Å². The zero-order valence-electron chi connectivity index (χ0n) is 47.8. The Bertz CT molecular complexity index is 1070. The van der Waals surface area contributed by atoms with Crippen LogP contribution in [0.25, 0.3) is 0 Å². The monoisotopic (exact) mass is 985 g/mol. The summed E-state index contributed by atoms with van der Waals surface area (Å²) in [7, 11) is 0. The van der Waals surface area contributed by atoms with Crippen molar-refractivity contribution in [2.45, 2.75) is 361 Å². The first-order valence-corrected chi connectivity index (χ1v) is 31.9. The van der Waals surface area contributed by atoms with Crippen LogP contribution in [-0.4, -0.2) is 37.9 Å². The minimum atomic E-state index is -0.396. The first-order chi connectivity index (χ1) is 34.6. The Morgan fingerprint density at radius 1 is 0.300 bits per heavy atom. The molecule has 5 heteroatoms. The fourth-order valence-electron chi connectivity index (χ4n) is 9.70. The summed E-state index contributed by atoms with van der Waals surface area (Å²) in [4.78, 5) is 25.4. The smallest absolute Gasteiger partial charge is 0.305 e. The number of ether oxygens (including phenoxy) is 3. The summed E-state index contributed by atoms with van der Waals surface area (Å²) in [6, 6.07) is 0. The van der Waals surface area contributed by atoms with Crippen LogP contribution in [0.15, 0.2) is 24.3 Å². The Morgan fingerprint density at radius 2 is 0.543 bits per heavy atom. The summed E-state index contributed by atoms with van der Waals surface area (Å²) in [5.74, 6) is -0.313. The molecule has 0 saturated heterocycles. The highest BCUT2D eigenvalue weighted by molar-refractivity contribution is 5.69. The molecule has 0 aromatic heterocycles. The van der Waals surface area contributed by atoms with Gasteiger partial charge in [-0.3, -0.25) is 9.59 Å². The van der Waals surface area contributed by atoms with E-state index < -0.39 is 6.10 Å². The molecule has 0 N–H and O–H groups in total. The third-order valence-electron chi connectivity index (χ3n) is 14.5. The molecule has 0 aliphatic heterocycles. The molecule has 0 spiro atoms. The molecule has 70 heavy (non-hydrogen) atoms. The normalized spacial score (nSPS) is 12.2. The molecule has 5 nitrogen and oxygen atoms in total. The van der Waals surface area contributed by atoms with Crippen molar-refractivity contribution in [2.75, 3.05) is 19.8 Å². The molecule has 0 rings (SSSR count). The van der Waals surface area contributed by atoms with Gasteiger partial charge in [0.05, 0.1) is 0 Å². The standard InChI is InChI=1S/C65H124O5/c1-4-7-10-13-16-19-22-25-28-31-33-35-37-40-43-46-49-52-55-58-64(66)69-61-63(68-60-57-54-51-48-45-42-39-30-27-24-21-18-15-12-9-6-3)62-70-65(67)59-56-53-50-47-44-41-38-36-34-32-29-26-23-20-17-14-11-8-5-2/h16,19,25,28,63H,4-15,17-18,20-24,26-27,29-62H2,1-3H3/b19-16-,28-25-/t63-/m1/s1. The molecular formula is C65H124O5. The second-order valence-corrected chi connectivity index (χ2v) is 21.7. The van der Waals surface area contributed by atoms with Crippen LogP contribution in [0.4, 0.5) is 0 Å². The van der Waals surface area contributed by atoms with Crippen molar-refractivity contribution in [3.8, 4) is 0 Å². The highest BCUT2D eigenvalue weighted by Crippen LogP contribution is 2.18. The van der Waals surface area contributed by atoms with Crippen molar-refractivity contribution in [1.82, 2.24) is 0 Å². The summed E-state index contributed by atoms with van der Waals surface area (Å²) < 4.78 is 17.6. The van der Waals surface area contributed by atoms with Crippen LogP contribution in [0.2, 0.25) is 0 Å². The Morgan fingerprint density at radius 3 is 0.857 bits per heavy atom. The van der Waals surface area contributed by atoms with E-state index in [0.717, 1.165) is 44.9 Å². The maximum Gasteiger partial charge on any atom is 0.305 e. The number of hydrogen-bond donors (Lipinski definition) is 0. The van der Waals surface area contributed by atoms with Crippen molar-refractivity contribution in [3.63, 3.8) is 0 Å². The van der Waals surface area contributed by atoms with Gasteiger partial charge in [0.25, 0.3) is 0 Å². The molecule has 0 bridgehead atoms. The van der Waals surface area contributed by atoms with E-state index in [1.807, 2.05) is 0 Å². The van der Waals surface area contributed by atoms with Crippen molar-refractivity contribution in [3.05, 3.63) is 24.3 Å². The molecule has 0 fully saturated rings. The Kier molecular flexibility index (Phi) is 60.3. The first kappa shape index (κ1) is 68.4. The van der Waals surface area contributed by atoms with Crippen molar-refractivity contribution < 1.29 is 23.8 Å². The van der Waals surface area contributed by atoms with E-state index in [4.69, 9.17) is 14.2 Å². The van der Waals surface area contributed by atoms with Gasteiger partial charge in [-0.2, -0.15) is 0 Å². The van der Waals surface area contributed by atoms with Gasteiger partial charge in [0.1, 0.15) is 19.3 Å². The zero-order chi connectivity index (χ0) is 50.6. The number of carbonyl (C=O) groups is 2. The molecule has 0 saturated carbocycles. The number of hydrogen-bond acceptors (Lipinski definition) is 5. The largest absolute Gasteiger partial charge is 0.463 e. The van der Waals surface area contributed by atoms with Crippen molar-refractivity contribution >= 4 is 11.9 Å². The van der Waals surface area contributed by atoms with Crippen LogP contribution in [0.3, 0.4) is 0 Å². The highest BCUT2D eigenvalue weighted by atomic mass is 16.6. The Labute approximate surface area is 438 Å². The molecule has 414 valence electrons. The molecule has 0 radical (unpaired) electrons. The van der Waals surface area contributed by atoms with E-state index >= 15 is 0 Å². The van der Waals surface area contributed by atoms with E-state index in [1.54, 1.807) is 0 Å². The lowest BCUT2D eigenvalue weighted by atomic mass is 10.0. The summed E-state index contributed by atoms with van der Waals surface area (Å²) >= 11 is 0. The quantitative estimate of drug-likeness (QED) is 0.0345. The van der Waals surface area contributed by atoms with Gasteiger partial charge < -0.3 is 14.2 Å². The minimum Gasteiger partial charge on any atom is -0.463 e. The minimum absolute atomic E-state index is 0.154. The SMILES string of the molecule is CCCCC/C=C\C/C=C\CCCCCCCCCCCC(=O)OC[C@H](COC(=O)CCCCCCCCCCCCCCCCCCCCC)OCCCCCCCCCCCCCCCCCC. The number of allylic oxidation sites excluding steroid dienone is 4. The molecule has 1 atom stereocenters. The maximum absolute atomic E-state index is 12.7. The molecule has 0 aliphatic rings. The van der Waals surface area contributed by atoms with E-state index in [1.165, 1.54) is 276 Å². The average Bonchev–Trinajstić information content (AvgIpc) is 3.36. The van der Waals surface area contributed by atoms with Gasteiger partial charge in [-0.15, -0.1) is 0 Å². The number of rotatable bonds is 60. The van der Waals surface area contributed by atoms with Crippen LogP contribution in [-0.2, 0) is 23.8 Å². The molecule has 0 aromatic carbocycles. The van der Waals surface area contributed by atoms with E-state index in [0.29, 0.717) is 19.4 Å². The molecule has 0 amide bonds. The van der Waals surface area contributed by atoms with Crippen LogP contribution in [0, 0.1) is 0 Å². The predicted molar refractivity (Wildman–Crippen MR) is 307 cm³/mol. The van der Waals surface area contributed by atoms with Gasteiger partial charge in [0.2, 0.25) is 0 Å². The zero-order valence-corrected chi connectivity index (χ0v) is 47.8. The van der Waals surface area contributed by atoms with Gasteiger partial charge >= 0.3 is 11.9 Å². The third kappa shape index (κ3) is 58.9. The summed E-state index contributed by atoms with van der Waals surface area (Å²) in [5, 5.41) is 0. The second kappa shape index (κ2) is 61.7. The van der Waals surface area contributed by atoms with Gasteiger partial charge in [0, 0.05) is 19.4 Å². The molecule has 0 aromatic rings. The summed E-state index contributed by atoms with van der Waals surface area (Å²) in [6.07, 6.45) is 75.2. The van der Waals surface area contributed by atoms with Crippen LogP contribution >= 0.6 is 0 Å². The fourth-order valence-corrected chi connectivity index (χ4v) is 9.70. The lowest BCUT2D eigenvalue weighted by molar-refractivity contribution is -0.155. The Hall–Kier alpha value is -1.62. The van der Waals surface area contributed by atoms with E-state index in [2.05, 4.69) is 45.1 Å². The summed E-state index contributed by atoms with van der Waals surface area (Å²) in [5.41, 5.74) is 0. The lowest BCUT2D eigenvalue weighted by Crippen LogP contribution is -2.29. The maximum atomic E-state index is 12.7. The molecule has 0 heterocycles. The first-order valence-electron chi connectivity index (χ1n) is 31.9. The molecule has 0 unspecified atom stereocenters. The number of unbranched alkanes of at least 4 members (excludes halogenated alkanes) is 45. The average molecular weight is 986 g/mol. The van der Waals surface area contributed by atoms with Gasteiger partial charge in [-0.25, -0.2) is 0 Å².